The van der Waals surface area contributed by atoms with Gasteiger partial charge in [0.2, 0.25) is 0 Å². The minimum atomic E-state index is -0.202. The molecule has 7 heteroatoms. The number of imidazole rings is 1. The number of benzene rings is 1. The zero-order chi connectivity index (χ0) is 18.4. The molecular formula is C19H27FN6. The maximum atomic E-state index is 13.0. The van der Waals surface area contributed by atoms with Crippen molar-refractivity contribution in [3.05, 3.63) is 48.3 Å². The molecule has 1 aliphatic rings. The fourth-order valence-corrected chi connectivity index (χ4v) is 3.17. The molecule has 0 bridgehead atoms. The van der Waals surface area contributed by atoms with Crippen LogP contribution in [0.5, 0.6) is 0 Å². The van der Waals surface area contributed by atoms with Gasteiger partial charge in [-0.1, -0.05) is 0 Å². The lowest BCUT2D eigenvalue weighted by Crippen LogP contribution is -2.51. The van der Waals surface area contributed by atoms with E-state index in [1.807, 2.05) is 31.5 Å². The zero-order valence-electron chi connectivity index (χ0n) is 15.3. The van der Waals surface area contributed by atoms with Crippen molar-refractivity contribution >= 4 is 11.6 Å². The van der Waals surface area contributed by atoms with Gasteiger partial charge in [-0.2, -0.15) is 0 Å². The maximum Gasteiger partial charge on any atom is 0.191 e. The number of hydrogen-bond donors (Lipinski definition) is 1. The van der Waals surface area contributed by atoms with E-state index in [-0.39, 0.29) is 5.82 Å². The number of halogens is 1. The Morgan fingerprint density at radius 1 is 1.15 bits per heavy atom. The van der Waals surface area contributed by atoms with Crippen LogP contribution in [0.2, 0.25) is 0 Å². The number of unbranched alkanes of at least 4 members (excludes halogenated alkanes) is 1. The Kier molecular flexibility index (Phi) is 6.09. The predicted molar refractivity (Wildman–Crippen MR) is 103 cm³/mol. The van der Waals surface area contributed by atoms with Gasteiger partial charge in [-0.05, 0) is 44.0 Å². The van der Waals surface area contributed by atoms with E-state index in [0.29, 0.717) is 5.96 Å². The average molecular weight is 358 g/mol. The van der Waals surface area contributed by atoms with Gasteiger partial charge in [0.05, 0.1) is 0 Å². The quantitative estimate of drug-likeness (QED) is 0.489. The van der Waals surface area contributed by atoms with Crippen molar-refractivity contribution in [1.29, 1.82) is 0 Å². The van der Waals surface area contributed by atoms with Gasteiger partial charge in [-0.3, -0.25) is 4.99 Å². The van der Waals surface area contributed by atoms with Crippen LogP contribution in [0.3, 0.4) is 0 Å². The summed E-state index contributed by atoms with van der Waals surface area (Å²) in [5.41, 5.74) is 7.20. The SMILES string of the molecule is Cc1nccn1CCCCN=C(N)N1CCN(c2ccc(F)cc2)CC1. The van der Waals surface area contributed by atoms with Gasteiger partial charge in [0.25, 0.3) is 0 Å². The standard InChI is InChI=1S/C19H27FN6/c1-16-22-9-11-24(16)10-3-2-8-23-19(21)26-14-12-25(13-15-26)18-6-4-17(20)5-7-18/h4-7,9,11H,2-3,8,10,12-15H2,1H3,(H2,21,23). The molecule has 26 heavy (non-hydrogen) atoms. The number of aryl methyl sites for hydroxylation is 2. The largest absolute Gasteiger partial charge is 0.370 e. The maximum absolute atomic E-state index is 13.0. The van der Waals surface area contributed by atoms with E-state index in [2.05, 4.69) is 24.3 Å². The van der Waals surface area contributed by atoms with E-state index in [9.17, 15) is 4.39 Å². The van der Waals surface area contributed by atoms with Gasteiger partial charge in [0.15, 0.2) is 5.96 Å². The number of piperazine rings is 1. The Balaban J connectivity index is 1.38. The second kappa shape index (κ2) is 8.69. The zero-order valence-corrected chi connectivity index (χ0v) is 15.3. The summed E-state index contributed by atoms with van der Waals surface area (Å²) in [4.78, 5) is 13.1. The molecule has 2 N–H and O–H groups in total. The van der Waals surface area contributed by atoms with Gasteiger partial charge >= 0.3 is 0 Å². The predicted octanol–water partition coefficient (Wildman–Crippen LogP) is 2.25. The second-order valence-electron chi connectivity index (χ2n) is 6.57. The summed E-state index contributed by atoms with van der Waals surface area (Å²) in [7, 11) is 0. The third kappa shape index (κ3) is 4.74. The van der Waals surface area contributed by atoms with Gasteiger partial charge < -0.3 is 20.1 Å². The van der Waals surface area contributed by atoms with Gasteiger partial charge in [-0.15, -0.1) is 0 Å². The number of rotatable bonds is 6. The van der Waals surface area contributed by atoms with E-state index in [1.165, 1.54) is 12.1 Å². The molecule has 2 aromatic rings. The Morgan fingerprint density at radius 3 is 2.54 bits per heavy atom. The van der Waals surface area contributed by atoms with Crippen LogP contribution in [0, 0.1) is 12.7 Å². The van der Waals surface area contributed by atoms with Crippen molar-refractivity contribution in [3.63, 3.8) is 0 Å². The van der Waals surface area contributed by atoms with E-state index in [1.54, 1.807) is 0 Å². The number of guanidine groups is 1. The summed E-state index contributed by atoms with van der Waals surface area (Å²) >= 11 is 0. The molecule has 0 radical (unpaired) electrons. The van der Waals surface area contributed by atoms with Crippen molar-refractivity contribution in [3.8, 4) is 0 Å². The summed E-state index contributed by atoms with van der Waals surface area (Å²) in [5.74, 6) is 1.47. The van der Waals surface area contributed by atoms with Crippen molar-refractivity contribution in [1.82, 2.24) is 14.5 Å². The van der Waals surface area contributed by atoms with Crippen LogP contribution >= 0.6 is 0 Å². The lowest BCUT2D eigenvalue weighted by molar-refractivity contribution is 0.380. The smallest absolute Gasteiger partial charge is 0.191 e. The molecule has 0 spiro atoms. The second-order valence-corrected chi connectivity index (χ2v) is 6.57. The summed E-state index contributed by atoms with van der Waals surface area (Å²) in [6.07, 6.45) is 5.91. The molecule has 3 rings (SSSR count). The van der Waals surface area contributed by atoms with E-state index >= 15 is 0 Å². The van der Waals surface area contributed by atoms with E-state index < -0.39 is 0 Å². The molecule has 0 unspecified atom stereocenters. The first-order chi connectivity index (χ1) is 12.6. The third-order valence-electron chi connectivity index (χ3n) is 4.80. The minimum absolute atomic E-state index is 0.202. The van der Waals surface area contributed by atoms with Crippen LogP contribution in [0.15, 0.2) is 41.7 Å². The first-order valence-corrected chi connectivity index (χ1v) is 9.16. The molecule has 0 saturated carbocycles. The molecule has 1 aromatic carbocycles. The lowest BCUT2D eigenvalue weighted by Gasteiger charge is -2.36. The molecule has 6 nitrogen and oxygen atoms in total. The third-order valence-corrected chi connectivity index (χ3v) is 4.80. The molecule has 0 atom stereocenters. The summed E-state index contributed by atoms with van der Waals surface area (Å²) in [6, 6.07) is 6.65. The van der Waals surface area contributed by atoms with Crippen LogP contribution < -0.4 is 10.6 Å². The molecule has 1 saturated heterocycles. The summed E-state index contributed by atoms with van der Waals surface area (Å²) < 4.78 is 15.2. The van der Waals surface area contributed by atoms with Crippen molar-refractivity contribution in [2.24, 2.45) is 10.7 Å². The number of anilines is 1. The van der Waals surface area contributed by atoms with Crippen molar-refractivity contribution < 1.29 is 4.39 Å². The summed E-state index contributed by atoms with van der Waals surface area (Å²) in [5, 5.41) is 0. The molecule has 0 aliphatic carbocycles. The highest BCUT2D eigenvalue weighted by molar-refractivity contribution is 5.78. The first kappa shape index (κ1) is 18.2. The number of aliphatic imine (C=N–C) groups is 1. The van der Waals surface area contributed by atoms with Crippen LogP contribution in [0.4, 0.5) is 10.1 Å². The fourth-order valence-electron chi connectivity index (χ4n) is 3.17. The Hall–Kier alpha value is -2.57. The van der Waals surface area contributed by atoms with Gasteiger partial charge in [0, 0.05) is 57.3 Å². The highest BCUT2D eigenvalue weighted by atomic mass is 19.1. The molecular weight excluding hydrogens is 331 g/mol. The average Bonchev–Trinajstić information content (AvgIpc) is 3.07. The van der Waals surface area contributed by atoms with Gasteiger partial charge in [-0.25, -0.2) is 9.37 Å². The van der Waals surface area contributed by atoms with Gasteiger partial charge in [0.1, 0.15) is 11.6 Å². The van der Waals surface area contributed by atoms with E-state index in [4.69, 9.17) is 5.73 Å². The molecule has 1 aromatic heterocycles. The van der Waals surface area contributed by atoms with Crippen LogP contribution in [-0.4, -0.2) is 53.1 Å². The number of hydrogen-bond acceptors (Lipinski definition) is 3. The van der Waals surface area contributed by atoms with Crippen LogP contribution in [0.1, 0.15) is 18.7 Å². The molecule has 1 aliphatic heterocycles. The normalized spacial score (nSPS) is 15.5. The molecule has 0 amide bonds. The fraction of sp³-hybridized carbons (Fsp3) is 0.474. The van der Waals surface area contributed by atoms with Crippen LogP contribution in [-0.2, 0) is 6.54 Å². The number of nitrogens with zero attached hydrogens (tertiary/aromatic N) is 5. The molecule has 1 fully saturated rings. The Morgan fingerprint density at radius 2 is 1.88 bits per heavy atom. The number of aromatic nitrogens is 2. The molecule has 140 valence electrons. The van der Waals surface area contributed by atoms with Crippen molar-refractivity contribution in [2.75, 3.05) is 37.6 Å². The Bertz CT molecular complexity index is 716. The number of nitrogens with two attached hydrogens (primary N) is 1. The summed E-state index contributed by atoms with van der Waals surface area (Å²) in [6.45, 7) is 7.13. The minimum Gasteiger partial charge on any atom is -0.370 e. The lowest BCUT2D eigenvalue weighted by atomic mass is 10.2. The van der Waals surface area contributed by atoms with Crippen molar-refractivity contribution in [2.45, 2.75) is 26.3 Å². The highest BCUT2D eigenvalue weighted by Crippen LogP contribution is 2.16. The topological polar surface area (TPSA) is 62.7 Å². The monoisotopic (exact) mass is 358 g/mol. The highest BCUT2D eigenvalue weighted by Gasteiger charge is 2.18. The Labute approximate surface area is 154 Å². The van der Waals surface area contributed by atoms with Crippen LogP contribution in [0.25, 0.3) is 0 Å². The molecule has 2 heterocycles. The first-order valence-electron chi connectivity index (χ1n) is 9.16. The van der Waals surface area contributed by atoms with E-state index in [0.717, 1.165) is 63.6 Å².